The Morgan fingerprint density at radius 2 is 1.06 bits per heavy atom. The fourth-order valence-corrected chi connectivity index (χ4v) is 8.29. The zero-order chi connectivity index (χ0) is 34.4. The van der Waals surface area contributed by atoms with Crippen LogP contribution in [0.1, 0.15) is 22.3 Å². The average molecular weight is 660 g/mol. The maximum atomic E-state index is 6.65. The first-order valence-electron chi connectivity index (χ1n) is 17.3. The Morgan fingerprint density at radius 3 is 1.75 bits per heavy atom. The van der Waals surface area contributed by atoms with Crippen LogP contribution < -0.4 is 4.74 Å². The minimum absolute atomic E-state index is 0.732. The second-order valence-corrected chi connectivity index (χ2v) is 13.5. The number of aromatic nitrogens is 5. The highest BCUT2D eigenvalue weighted by Crippen LogP contribution is 2.45. The van der Waals surface area contributed by atoms with Gasteiger partial charge in [0.05, 0.1) is 16.6 Å². The summed E-state index contributed by atoms with van der Waals surface area (Å²) < 4.78 is 11.0. The van der Waals surface area contributed by atoms with E-state index in [1.165, 1.54) is 49.9 Å². The third-order valence-electron chi connectivity index (χ3n) is 10.5. The molecule has 0 atom stereocenters. The van der Waals surface area contributed by atoms with Crippen molar-refractivity contribution in [1.82, 2.24) is 23.8 Å². The molecule has 6 nitrogen and oxygen atoms in total. The van der Waals surface area contributed by atoms with Crippen LogP contribution in [0.3, 0.4) is 0 Å². The summed E-state index contributed by atoms with van der Waals surface area (Å²) in [7, 11) is 0. The molecular weight excluding hydrogens is 627 g/mol. The molecule has 0 fully saturated rings. The van der Waals surface area contributed by atoms with Crippen molar-refractivity contribution in [3.8, 4) is 33.8 Å². The summed E-state index contributed by atoms with van der Waals surface area (Å²) in [6.07, 6.45) is 9.64. The lowest BCUT2D eigenvalue weighted by molar-refractivity contribution is 0.484. The third-order valence-corrected chi connectivity index (χ3v) is 10.5. The molecule has 0 unspecified atom stereocenters. The molecule has 0 amide bonds. The summed E-state index contributed by atoms with van der Waals surface area (Å²) >= 11 is 0. The van der Waals surface area contributed by atoms with Gasteiger partial charge < -0.3 is 4.74 Å². The Morgan fingerprint density at radius 1 is 0.490 bits per heavy atom. The van der Waals surface area contributed by atoms with Gasteiger partial charge in [0.2, 0.25) is 0 Å². The van der Waals surface area contributed by atoms with Gasteiger partial charge in [-0.3, -0.25) is 13.8 Å². The Hall–Kier alpha value is -6.53. The standard InChI is InChI=1S/C45H33N5O/c1-26-8-5-9-27(2)39(26)34-17-18-35(40-28(3)10-6-11-29(40)4)43-41(34)32-15-13-30(24-36(32)45-48-21-23-50(43)45)51-31-14-16-33-37(25-31)44-47-20-22-49(44)38-12-7-19-46-42(33)38/h5-25H,1-4H3. The van der Waals surface area contributed by atoms with Crippen LogP contribution >= 0.6 is 0 Å². The second-order valence-electron chi connectivity index (χ2n) is 13.5. The van der Waals surface area contributed by atoms with Crippen LogP contribution in [-0.4, -0.2) is 23.8 Å². The van der Waals surface area contributed by atoms with Crippen LogP contribution in [0.25, 0.3) is 77.0 Å². The van der Waals surface area contributed by atoms with E-state index in [4.69, 9.17) is 19.7 Å². The normalized spacial score (nSPS) is 11.9. The van der Waals surface area contributed by atoms with Gasteiger partial charge in [-0.2, -0.15) is 0 Å². The summed E-state index contributed by atoms with van der Waals surface area (Å²) in [5.74, 6) is 1.47. The molecule has 0 radical (unpaired) electrons. The molecule has 0 spiro atoms. The second kappa shape index (κ2) is 11.0. The monoisotopic (exact) mass is 659 g/mol. The smallest absolute Gasteiger partial charge is 0.145 e. The predicted molar refractivity (Wildman–Crippen MR) is 208 cm³/mol. The Kier molecular flexibility index (Phi) is 6.33. The molecule has 0 bridgehead atoms. The highest BCUT2D eigenvalue weighted by atomic mass is 16.5. The van der Waals surface area contributed by atoms with Crippen molar-refractivity contribution in [2.45, 2.75) is 27.7 Å². The SMILES string of the molecule is Cc1cccc(C)c1-c1ccc(-c2c(C)cccc2C)c2c1c1ccc(Oc3ccc4c(c3)c3nccn3c3cccnc43)cc1c1nccn12. The maximum Gasteiger partial charge on any atom is 0.145 e. The molecule has 0 aliphatic heterocycles. The number of benzene rings is 5. The Labute approximate surface area is 294 Å². The lowest BCUT2D eigenvalue weighted by Gasteiger charge is -2.21. The third kappa shape index (κ3) is 4.33. The predicted octanol–water partition coefficient (Wildman–Crippen LogP) is 11.3. The average Bonchev–Trinajstić information content (AvgIpc) is 3.84. The molecule has 0 saturated heterocycles. The molecular formula is C45H33N5O. The van der Waals surface area contributed by atoms with Crippen LogP contribution in [0.4, 0.5) is 0 Å². The summed E-state index contributed by atoms with van der Waals surface area (Å²) in [5.41, 5.74) is 14.8. The van der Waals surface area contributed by atoms with Gasteiger partial charge in [0.1, 0.15) is 22.8 Å². The summed E-state index contributed by atoms with van der Waals surface area (Å²) in [6.45, 7) is 8.81. The molecule has 5 aromatic carbocycles. The van der Waals surface area contributed by atoms with E-state index in [1.54, 1.807) is 0 Å². The van der Waals surface area contributed by atoms with E-state index in [0.29, 0.717) is 0 Å². The molecule has 10 rings (SSSR count). The topological polar surface area (TPSA) is 56.7 Å². The number of hydrogen-bond acceptors (Lipinski definition) is 4. The van der Waals surface area contributed by atoms with E-state index < -0.39 is 0 Å². The van der Waals surface area contributed by atoms with Crippen LogP contribution in [0, 0.1) is 27.7 Å². The molecule has 0 aliphatic carbocycles. The zero-order valence-electron chi connectivity index (χ0n) is 28.8. The molecule has 5 aromatic heterocycles. The van der Waals surface area contributed by atoms with Gasteiger partial charge in [0.25, 0.3) is 0 Å². The number of ether oxygens (including phenoxy) is 1. The van der Waals surface area contributed by atoms with Gasteiger partial charge in [-0.05, 0) is 121 Å². The molecule has 0 aliphatic rings. The van der Waals surface area contributed by atoms with E-state index in [-0.39, 0.29) is 0 Å². The van der Waals surface area contributed by atoms with E-state index >= 15 is 0 Å². The van der Waals surface area contributed by atoms with Crippen LogP contribution in [0.5, 0.6) is 11.5 Å². The first-order chi connectivity index (χ1) is 25.0. The number of nitrogens with zero attached hydrogens (tertiary/aromatic N) is 5. The van der Waals surface area contributed by atoms with E-state index in [9.17, 15) is 0 Å². The lowest BCUT2D eigenvalue weighted by Crippen LogP contribution is -1.99. The van der Waals surface area contributed by atoms with Crippen molar-refractivity contribution in [3.05, 3.63) is 150 Å². The van der Waals surface area contributed by atoms with Crippen LogP contribution in [0.2, 0.25) is 0 Å². The number of rotatable bonds is 4. The van der Waals surface area contributed by atoms with Gasteiger partial charge in [-0.1, -0.05) is 48.5 Å². The first-order valence-corrected chi connectivity index (χ1v) is 17.3. The molecule has 244 valence electrons. The fraction of sp³-hybridized carbons (Fsp3) is 0.0889. The summed E-state index contributed by atoms with van der Waals surface area (Å²) in [5, 5.41) is 5.40. The van der Waals surface area contributed by atoms with Crippen LogP contribution in [-0.2, 0) is 0 Å². The number of pyridine rings is 3. The van der Waals surface area contributed by atoms with Crippen molar-refractivity contribution in [3.63, 3.8) is 0 Å². The van der Waals surface area contributed by atoms with Gasteiger partial charge in [-0.25, -0.2) is 9.97 Å². The van der Waals surface area contributed by atoms with Crippen molar-refractivity contribution in [2.75, 3.05) is 0 Å². The van der Waals surface area contributed by atoms with Crippen molar-refractivity contribution in [2.24, 2.45) is 0 Å². The molecule has 0 N–H and O–H groups in total. The molecule has 5 heterocycles. The lowest BCUT2D eigenvalue weighted by atomic mass is 9.86. The maximum absolute atomic E-state index is 6.65. The summed E-state index contributed by atoms with van der Waals surface area (Å²) in [6, 6.07) is 34.3. The highest BCUT2D eigenvalue weighted by Gasteiger charge is 2.21. The minimum Gasteiger partial charge on any atom is -0.457 e. The van der Waals surface area contributed by atoms with Crippen molar-refractivity contribution < 1.29 is 4.74 Å². The first kappa shape index (κ1) is 29.4. The molecule has 10 aromatic rings. The number of fused-ring (bicyclic) bond motifs is 12. The quantitative estimate of drug-likeness (QED) is 0.176. The molecule has 51 heavy (non-hydrogen) atoms. The number of aryl methyl sites for hydroxylation is 4. The Bertz CT molecular complexity index is 3020. The van der Waals surface area contributed by atoms with Gasteiger partial charge in [0, 0.05) is 58.1 Å². The van der Waals surface area contributed by atoms with Crippen molar-refractivity contribution in [1.29, 1.82) is 0 Å². The highest BCUT2D eigenvalue weighted by molar-refractivity contribution is 6.21. The fourth-order valence-electron chi connectivity index (χ4n) is 8.29. The van der Waals surface area contributed by atoms with Crippen molar-refractivity contribution >= 4 is 54.8 Å². The van der Waals surface area contributed by atoms with E-state index in [0.717, 1.165) is 60.9 Å². The van der Waals surface area contributed by atoms with Crippen LogP contribution in [0.15, 0.2) is 128 Å². The number of imidazole rings is 2. The minimum atomic E-state index is 0.732. The zero-order valence-corrected chi connectivity index (χ0v) is 28.8. The van der Waals surface area contributed by atoms with Gasteiger partial charge >= 0.3 is 0 Å². The van der Waals surface area contributed by atoms with E-state index in [1.807, 2.05) is 36.9 Å². The van der Waals surface area contributed by atoms with E-state index in [2.05, 4.69) is 128 Å². The Balaban J connectivity index is 1.22. The van der Waals surface area contributed by atoms with Gasteiger partial charge in [-0.15, -0.1) is 0 Å². The largest absolute Gasteiger partial charge is 0.457 e. The number of hydrogen-bond donors (Lipinski definition) is 0. The molecule has 0 saturated carbocycles. The summed E-state index contributed by atoms with van der Waals surface area (Å²) in [4.78, 5) is 14.4. The molecule has 6 heteroatoms. The van der Waals surface area contributed by atoms with Gasteiger partial charge in [0.15, 0.2) is 0 Å².